The second kappa shape index (κ2) is 11.6. The SMILES string of the molecule is Clc1c(-c2nc(-c3ccc4ccccc4c3)nc(-c3cccc4c3c3ccccc3n4-c3ccccc3)n2)ccc2c1oc1ccc3ccccc3c12. The molecule has 0 amide bonds. The van der Waals surface area contributed by atoms with Gasteiger partial charge in [0.25, 0.3) is 0 Å². The fourth-order valence-corrected chi connectivity index (χ4v) is 8.17. The number of aromatic nitrogens is 4. The molecular formula is C47H27ClN4O. The monoisotopic (exact) mass is 698 g/mol. The maximum absolute atomic E-state index is 7.32. The quantitative estimate of drug-likeness (QED) is 0.184. The number of para-hydroxylation sites is 2. The molecule has 8 aromatic carbocycles. The summed E-state index contributed by atoms with van der Waals surface area (Å²) >= 11 is 7.32. The molecule has 6 heteroatoms. The van der Waals surface area contributed by atoms with E-state index in [1.807, 2.05) is 36.4 Å². The molecule has 11 aromatic rings. The highest BCUT2D eigenvalue weighted by Gasteiger charge is 2.22. The fourth-order valence-electron chi connectivity index (χ4n) is 7.89. The van der Waals surface area contributed by atoms with Gasteiger partial charge < -0.3 is 8.98 Å². The zero-order chi connectivity index (χ0) is 35.0. The van der Waals surface area contributed by atoms with Crippen molar-refractivity contribution in [2.75, 3.05) is 0 Å². The van der Waals surface area contributed by atoms with Crippen LogP contribution >= 0.6 is 11.6 Å². The molecule has 3 heterocycles. The summed E-state index contributed by atoms with van der Waals surface area (Å²) in [4.78, 5) is 15.5. The number of hydrogen-bond donors (Lipinski definition) is 0. The van der Waals surface area contributed by atoms with E-state index in [1.165, 1.54) is 0 Å². The van der Waals surface area contributed by atoms with Gasteiger partial charge in [0.05, 0.1) is 16.1 Å². The summed E-state index contributed by atoms with van der Waals surface area (Å²) in [5.41, 5.74) is 7.13. The van der Waals surface area contributed by atoms with Gasteiger partial charge in [-0.1, -0.05) is 127 Å². The van der Waals surface area contributed by atoms with Gasteiger partial charge in [-0.3, -0.25) is 0 Å². The number of nitrogens with zero attached hydrogens (tertiary/aromatic N) is 4. The summed E-state index contributed by atoms with van der Waals surface area (Å²) in [6, 6.07) is 56.4. The molecule has 0 fully saturated rings. The number of furan rings is 1. The van der Waals surface area contributed by atoms with Crippen molar-refractivity contribution in [3.05, 3.63) is 169 Å². The van der Waals surface area contributed by atoms with E-state index in [9.17, 15) is 0 Å². The minimum Gasteiger partial charge on any atom is -0.454 e. The van der Waals surface area contributed by atoms with Crippen molar-refractivity contribution < 1.29 is 4.42 Å². The molecule has 0 aliphatic carbocycles. The largest absolute Gasteiger partial charge is 0.454 e. The Balaban J connectivity index is 1.19. The Morgan fingerprint density at radius 3 is 2.00 bits per heavy atom. The Kier molecular flexibility index (Phi) is 6.54. The Hall–Kier alpha value is -6.82. The predicted octanol–water partition coefficient (Wildman–Crippen LogP) is 12.8. The third-order valence-electron chi connectivity index (χ3n) is 10.3. The number of benzene rings is 8. The predicted molar refractivity (Wildman–Crippen MR) is 218 cm³/mol. The van der Waals surface area contributed by atoms with Gasteiger partial charge in [0.15, 0.2) is 23.1 Å². The van der Waals surface area contributed by atoms with E-state index in [1.54, 1.807) is 0 Å². The minimum absolute atomic E-state index is 0.461. The third-order valence-corrected chi connectivity index (χ3v) is 10.7. The van der Waals surface area contributed by atoms with E-state index in [4.69, 9.17) is 31.0 Å². The van der Waals surface area contributed by atoms with Gasteiger partial charge in [0.2, 0.25) is 0 Å². The van der Waals surface area contributed by atoms with Crippen LogP contribution in [0.2, 0.25) is 5.02 Å². The Morgan fingerprint density at radius 1 is 0.453 bits per heavy atom. The lowest BCUT2D eigenvalue weighted by Gasteiger charge is -2.11. The molecule has 0 saturated carbocycles. The van der Waals surface area contributed by atoms with Gasteiger partial charge >= 0.3 is 0 Å². The van der Waals surface area contributed by atoms with E-state index >= 15 is 0 Å². The molecule has 0 N–H and O–H groups in total. The summed E-state index contributed by atoms with van der Waals surface area (Å²) in [7, 11) is 0. The average Bonchev–Trinajstić information content (AvgIpc) is 3.78. The van der Waals surface area contributed by atoms with Crippen molar-refractivity contribution in [2.24, 2.45) is 0 Å². The van der Waals surface area contributed by atoms with Crippen LogP contribution in [0.4, 0.5) is 0 Å². The molecule has 248 valence electrons. The topological polar surface area (TPSA) is 56.7 Å². The standard InChI is InChI=1S/C47H27ClN4O/c48-43-37(25-24-35-42-33-16-7-6-12-29(33)23-26-40(42)53-44(35)43)47-50-45(31-22-21-28-11-4-5-13-30(28)27-31)49-46(51-47)36-18-10-20-39-41(36)34-17-8-9-19-38(34)52(39)32-14-2-1-3-15-32/h1-27H. The normalized spacial score (nSPS) is 11.9. The van der Waals surface area contributed by atoms with Crippen molar-refractivity contribution in [3.63, 3.8) is 0 Å². The lowest BCUT2D eigenvalue weighted by atomic mass is 10.0. The van der Waals surface area contributed by atoms with E-state index in [2.05, 4.69) is 132 Å². The van der Waals surface area contributed by atoms with Crippen molar-refractivity contribution in [2.45, 2.75) is 0 Å². The summed E-state index contributed by atoms with van der Waals surface area (Å²) in [5, 5.41) is 9.16. The molecule has 0 aliphatic rings. The molecule has 0 bridgehead atoms. The second-order valence-electron chi connectivity index (χ2n) is 13.3. The average molecular weight is 699 g/mol. The maximum atomic E-state index is 7.32. The van der Waals surface area contributed by atoms with E-state index in [-0.39, 0.29) is 0 Å². The molecule has 11 rings (SSSR count). The van der Waals surface area contributed by atoms with Crippen molar-refractivity contribution in [1.29, 1.82) is 0 Å². The fraction of sp³-hybridized carbons (Fsp3) is 0. The van der Waals surface area contributed by atoms with Crippen LogP contribution in [0.5, 0.6) is 0 Å². The molecule has 0 unspecified atom stereocenters. The number of halogens is 1. The number of hydrogen-bond acceptors (Lipinski definition) is 4. The Bertz CT molecular complexity index is 3250. The smallest absolute Gasteiger partial charge is 0.165 e. The van der Waals surface area contributed by atoms with Gasteiger partial charge in [-0.05, 0) is 70.1 Å². The van der Waals surface area contributed by atoms with Crippen molar-refractivity contribution in [3.8, 4) is 39.9 Å². The van der Waals surface area contributed by atoms with Crippen LogP contribution in [0.3, 0.4) is 0 Å². The van der Waals surface area contributed by atoms with Gasteiger partial charge in [-0.15, -0.1) is 0 Å². The molecule has 3 aromatic heterocycles. The van der Waals surface area contributed by atoms with Crippen LogP contribution in [-0.2, 0) is 0 Å². The van der Waals surface area contributed by atoms with E-state index < -0.39 is 0 Å². The Labute approximate surface area is 308 Å². The van der Waals surface area contributed by atoms with Crippen LogP contribution in [0.25, 0.3) is 105 Å². The Morgan fingerprint density at radius 2 is 1.13 bits per heavy atom. The summed E-state index contributed by atoms with van der Waals surface area (Å²) in [6.07, 6.45) is 0. The summed E-state index contributed by atoms with van der Waals surface area (Å²) in [6.45, 7) is 0. The van der Waals surface area contributed by atoms with Gasteiger partial charge in [0, 0.05) is 43.9 Å². The van der Waals surface area contributed by atoms with Crippen LogP contribution in [0.1, 0.15) is 0 Å². The first kappa shape index (κ1) is 29.9. The molecule has 53 heavy (non-hydrogen) atoms. The van der Waals surface area contributed by atoms with Gasteiger partial charge in [-0.2, -0.15) is 0 Å². The molecule has 0 spiro atoms. The minimum atomic E-state index is 0.461. The lowest BCUT2D eigenvalue weighted by molar-refractivity contribution is 0.669. The highest BCUT2D eigenvalue weighted by molar-refractivity contribution is 6.39. The van der Waals surface area contributed by atoms with E-state index in [0.29, 0.717) is 33.6 Å². The van der Waals surface area contributed by atoms with Crippen LogP contribution in [0.15, 0.2) is 168 Å². The molecule has 0 atom stereocenters. The molecule has 0 radical (unpaired) electrons. The molecule has 0 aliphatic heterocycles. The first-order chi connectivity index (χ1) is 26.2. The molecular weight excluding hydrogens is 672 g/mol. The summed E-state index contributed by atoms with van der Waals surface area (Å²) < 4.78 is 8.78. The first-order valence-electron chi connectivity index (χ1n) is 17.6. The third kappa shape index (κ3) is 4.61. The number of rotatable bonds is 4. The highest BCUT2D eigenvalue weighted by Crippen LogP contribution is 2.43. The first-order valence-corrected chi connectivity index (χ1v) is 17.9. The van der Waals surface area contributed by atoms with Gasteiger partial charge in [-0.25, -0.2) is 15.0 Å². The second-order valence-corrected chi connectivity index (χ2v) is 13.7. The molecule has 0 saturated heterocycles. The van der Waals surface area contributed by atoms with Gasteiger partial charge in [0.1, 0.15) is 5.58 Å². The van der Waals surface area contributed by atoms with Crippen molar-refractivity contribution >= 4 is 76.9 Å². The molecule has 5 nitrogen and oxygen atoms in total. The van der Waals surface area contributed by atoms with E-state index in [0.717, 1.165) is 76.5 Å². The lowest BCUT2D eigenvalue weighted by Crippen LogP contribution is -2.01. The summed E-state index contributed by atoms with van der Waals surface area (Å²) in [5.74, 6) is 1.59. The maximum Gasteiger partial charge on any atom is 0.165 e. The van der Waals surface area contributed by atoms with Crippen molar-refractivity contribution in [1.82, 2.24) is 19.5 Å². The van der Waals surface area contributed by atoms with Crippen LogP contribution in [0, 0.1) is 0 Å². The number of fused-ring (bicyclic) bond motifs is 9. The highest BCUT2D eigenvalue weighted by atomic mass is 35.5. The van der Waals surface area contributed by atoms with Crippen LogP contribution < -0.4 is 0 Å². The van der Waals surface area contributed by atoms with Crippen LogP contribution in [-0.4, -0.2) is 19.5 Å². The zero-order valence-electron chi connectivity index (χ0n) is 28.2. The zero-order valence-corrected chi connectivity index (χ0v) is 28.9.